The van der Waals surface area contributed by atoms with Crippen LogP contribution in [0.1, 0.15) is 38.2 Å². The molecule has 0 bridgehead atoms. The molecule has 134 valence electrons. The third kappa shape index (κ3) is 3.49. The summed E-state index contributed by atoms with van der Waals surface area (Å²) in [4.78, 5) is 40.5. The molecule has 3 rings (SSSR count). The van der Waals surface area contributed by atoms with Crippen molar-refractivity contribution in [3.05, 3.63) is 34.9 Å². The second-order valence-corrected chi connectivity index (χ2v) is 7.18. The van der Waals surface area contributed by atoms with E-state index in [1.807, 2.05) is 0 Å². The number of halogens is 1. The Kier molecular flexibility index (Phi) is 4.99. The van der Waals surface area contributed by atoms with Crippen molar-refractivity contribution in [2.24, 2.45) is 0 Å². The molecule has 25 heavy (non-hydrogen) atoms. The van der Waals surface area contributed by atoms with E-state index >= 15 is 0 Å². The first-order chi connectivity index (χ1) is 11.9. The lowest BCUT2D eigenvalue weighted by molar-refractivity contribution is -0.138. The maximum atomic E-state index is 12.8. The molecule has 0 aliphatic carbocycles. The summed E-state index contributed by atoms with van der Waals surface area (Å²) in [7, 11) is 0. The van der Waals surface area contributed by atoms with Crippen molar-refractivity contribution in [1.29, 1.82) is 0 Å². The molecule has 2 heterocycles. The summed E-state index contributed by atoms with van der Waals surface area (Å²) in [6, 6.07) is 6.23. The van der Waals surface area contributed by atoms with Crippen molar-refractivity contribution in [1.82, 2.24) is 15.1 Å². The number of rotatable bonds is 3. The van der Waals surface area contributed by atoms with E-state index < -0.39 is 17.5 Å². The third-order valence-electron chi connectivity index (χ3n) is 4.95. The van der Waals surface area contributed by atoms with E-state index in [0.717, 1.165) is 30.6 Å². The summed E-state index contributed by atoms with van der Waals surface area (Å²) >= 11 is 5.89. The van der Waals surface area contributed by atoms with Crippen LogP contribution < -0.4 is 5.32 Å². The lowest BCUT2D eigenvalue weighted by atomic mass is 9.92. The summed E-state index contributed by atoms with van der Waals surface area (Å²) in [5.41, 5.74) is -0.541. The fourth-order valence-corrected chi connectivity index (χ4v) is 3.50. The molecule has 0 saturated carbocycles. The van der Waals surface area contributed by atoms with E-state index in [-0.39, 0.29) is 12.5 Å². The average molecular weight is 364 g/mol. The first kappa shape index (κ1) is 17.7. The molecule has 2 aliphatic rings. The highest BCUT2D eigenvalue weighted by atomic mass is 35.5. The lowest BCUT2D eigenvalue weighted by Gasteiger charge is -2.24. The number of hydrogen-bond donors (Lipinski definition) is 1. The number of nitrogens with one attached hydrogen (secondary N) is 1. The topological polar surface area (TPSA) is 69.7 Å². The van der Waals surface area contributed by atoms with Crippen LogP contribution in [0, 0.1) is 0 Å². The Morgan fingerprint density at radius 1 is 1.12 bits per heavy atom. The number of benzene rings is 1. The minimum absolute atomic E-state index is 0.175. The van der Waals surface area contributed by atoms with Crippen molar-refractivity contribution in [3.63, 3.8) is 0 Å². The van der Waals surface area contributed by atoms with Crippen molar-refractivity contribution in [2.75, 3.05) is 19.6 Å². The molecule has 1 aromatic carbocycles. The highest BCUT2D eigenvalue weighted by Gasteiger charge is 2.49. The zero-order valence-electron chi connectivity index (χ0n) is 14.3. The van der Waals surface area contributed by atoms with E-state index in [2.05, 4.69) is 5.32 Å². The maximum absolute atomic E-state index is 12.8. The Morgan fingerprint density at radius 2 is 1.72 bits per heavy atom. The summed E-state index contributed by atoms with van der Waals surface area (Å²) in [5.74, 6) is -0.589. The molecular weight excluding hydrogens is 342 g/mol. The predicted molar refractivity (Wildman–Crippen MR) is 94.1 cm³/mol. The largest absolute Gasteiger partial charge is 0.341 e. The van der Waals surface area contributed by atoms with Gasteiger partial charge in [0.15, 0.2) is 0 Å². The van der Waals surface area contributed by atoms with E-state index in [4.69, 9.17) is 11.6 Å². The quantitative estimate of drug-likeness (QED) is 0.839. The van der Waals surface area contributed by atoms with Crippen LogP contribution in [-0.4, -0.2) is 47.3 Å². The van der Waals surface area contributed by atoms with Crippen LogP contribution in [0.4, 0.5) is 4.79 Å². The summed E-state index contributed by atoms with van der Waals surface area (Å²) in [5, 5.41) is 3.26. The minimum Gasteiger partial charge on any atom is -0.341 e. The fourth-order valence-electron chi connectivity index (χ4n) is 3.37. The van der Waals surface area contributed by atoms with Crippen LogP contribution in [0.15, 0.2) is 24.3 Å². The van der Waals surface area contributed by atoms with Gasteiger partial charge in [0.05, 0.1) is 0 Å². The normalized spacial score (nSPS) is 24.2. The van der Waals surface area contributed by atoms with Gasteiger partial charge in [0, 0.05) is 18.1 Å². The summed E-state index contributed by atoms with van der Waals surface area (Å²) in [6.45, 7) is 2.81. The SMILES string of the molecule is CC1(c2ccc(Cl)cc2)NC(=O)N(CC(=O)N2CCCCCC2)C1=O. The second-order valence-electron chi connectivity index (χ2n) is 6.75. The predicted octanol–water partition coefficient (Wildman–Crippen LogP) is 2.51. The minimum atomic E-state index is -1.18. The first-order valence-electron chi connectivity index (χ1n) is 8.60. The van der Waals surface area contributed by atoms with Gasteiger partial charge < -0.3 is 10.2 Å². The Labute approximate surface area is 152 Å². The highest BCUT2D eigenvalue weighted by molar-refractivity contribution is 6.30. The van der Waals surface area contributed by atoms with Gasteiger partial charge in [-0.2, -0.15) is 0 Å². The molecule has 0 radical (unpaired) electrons. The Morgan fingerprint density at radius 3 is 2.32 bits per heavy atom. The molecule has 1 unspecified atom stereocenters. The molecule has 0 spiro atoms. The van der Waals surface area contributed by atoms with Crippen LogP contribution in [0.5, 0.6) is 0 Å². The van der Waals surface area contributed by atoms with E-state index in [1.54, 1.807) is 36.1 Å². The van der Waals surface area contributed by atoms with Crippen LogP contribution in [-0.2, 0) is 15.1 Å². The molecule has 6 nitrogen and oxygen atoms in total. The monoisotopic (exact) mass is 363 g/mol. The first-order valence-corrected chi connectivity index (χ1v) is 8.97. The number of carbonyl (C=O) groups is 3. The van der Waals surface area contributed by atoms with Gasteiger partial charge in [0.1, 0.15) is 12.1 Å². The van der Waals surface area contributed by atoms with Gasteiger partial charge >= 0.3 is 6.03 Å². The van der Waals surface area contributed by atoms with Crippen molar-refractivity contribution < 1.29 is 14.4 Å². The van der Waals surface area contributed by atoms with Crippen molar-refractivity contribution in [3.8, 4) is 0 Å². The van der Waals surface area contributed by atoms with E-state index in [0.29, 0.717) is 23.7 Å². The maximum Gasteiger partial charge on any atom is 0.325 e. The van der Waals surface area contributed by atoms with Gasteiger partial charge in [-0.25, -0.2) is 4.79 Å². The van der Waals surface area contributed by atoms with Gasteiger partial charge in [-0.1, -0.05) is 36.6 Å². The summed E-state index contributed by atoms with van der Waals surface area (Å²) < 4.78 is 0. The molecule has 1 atom stereocenters. The van der Waals surface area contributed by atoms with Gasteiger partial charge in [0.2, 0.25) is 5.91 Å². The smallest absolute Gasteiger partial charge is 0.325 e. The number of imide groups is 1. The van der Waals surface area contributed by atoms with Gasteiger partial charge in [-0.3, -0.25) is 14.5 Å². The van der Waals surface area contributed by atoms with Crippen LogP contribution in [0.25, 0.3) is 0 Å². The molecule has 0 aromatic heterocycles. The molecule has 2 fully saturated rings. The number of carbonyl (C=O) groups excluding carboxylic acids is 3. The third-order valence-corrected chi connectivity index (χ3v) is 5.20. The van der Waals surface area contributed by atoms with Gasteiger partial charge in [0.25, 0.3) is 5.91 Å². The number of amides is 4. The lowest BCUT2D eigenvalue weighted by Crippen LogP contribution is -2.44. The van der Waals surface area contributed by atoms with E-state index in [1.165, 1.54) is 0 Å². The highest BCUT2D eigenvalue weighted by Crippen LogP contribution is 2.29. The fraction of sp³-hybridized carbons (Fsp3) is 0.500. The van der Waals surface area contributed by atoms with Gasteiger partial charge in [-0.05, 0) is 37.5 Å². The molecule has 4 amide bonds. The average Bonchev–Trinajstić information content (AvgIpc) is 2.81. The van der Waals surface area contributed by atoms with Crippen LogP contribution in [0.3, 0.4) is 0 Å². The second kappa shape index (κ2) is 7.04. The van der Waals surface area contributed by atoms with Crippen molar-refractivity contribution in [2.45, 2.75) is 38.1 Å². The van der Waals surface area contributed by atoms with Crippen LogP contribution in [0.2, 0.25) is 5.02 Å². The molecular formula is C18H22ClN3O3. The molecule has 7 heteroatoms. The number of urea groups is 1. The number of likely N-dealkylation sites (tertiary alicyclic amines) is 1. The Bertz CT molecular complexity index is 683. The molecule has 1 N–H and O–H groups in total. The standard InChI is InChI=1S/C18H22ClN3O3/c1-18(13-6-8-14(19)9-7-13)16(24)22(17(25)20-18)12-15(23)21-10-4-2-3-5-11-21/h6-9H,2-5,10-12H2,1H3,(H,20,25). The van der Waals surface area contributed by atoms with E-state index in [9.17, 15) is 14.4 Å². The van der Waals surface area contributed by atoms with Gasteiger partial charge in [-0.15, -0.1) is 0 Å². The molecule has 2 saturated heterocycles. The van der Waals surface area contributed by atoms with Crippen molar-refractivity contribution >= 4 is 29.4 Å². The zero-order valence-corrected chi connectivity index (χ0v) is 15.0. The molecule has 2 aliphatic heterocycles. The Hall–Kier alpha value is -2.08. The zero-order chi connectivity index (χ0) is 18.0. The molecule has 1 aromatic rings. The number of hydrogen-bond acceptors (Lipinski definition) is 3. The number of nitrogens with zero attached hydrogens (tertiary/aromatic N) is 2. The summed E-state index contributed by atoms with van der Waals surface area (Å²) in [6.07, 6.45) is 4.16. The van der Waals surface area contributed by atoms with Crippen LogP contribution >= 0.6 is 11.6 Å². The Balaban J connectivity index is 1.74.